The normalized spacial score (nSPS) is 11.3. The van der Waals surface area contributed by atoms with Crippen molar-refractivity contribution in [3.05, 3.63) is 59.0 Å². The van der Waals surface area contributed by atoms with Crippen LogP contribution in [0.5, 0.6) is 0 Å². The van der Waals surface area contributed by atoms with Crippen LogP contribution < -0.4 is 4.72 Å². The topological polar surface area (TPSA) is 89.5 Å². The van der Waals surface area contributed by atoms with Crippen LogP contribution in [0, 0.1) is 0 Å². The van der Waals surface area contributed by atoms with Crippen molar-refractivity contribution in [3.63, 3.8) is 0 Å². The van der Waals surface area contributed by atoms with E-state index in [9.17, 15) is 18.0 Å². The number of anilines is 1. The van der Waals surface area contributed by atoms with Gasteiger partial charge in [0.2, 0.25) is 0 Å². The molecule has 1 aromatic heterocycles. The fourth-order valence-corrected chi connectivity index (χ4v) is 5.37. The molecule has 0 spiro atoms. The van der Waals surface area contributed by atoms with Crippen LogP contribution in [-0.4, -0.2) is 27.3 Å². The van der Waals surface area contributed by atoms with Gasteiger partial charge in [-0.1, -0.05) is 18.2 Å². The van der Waals surface area contributed by atoms with Crippen LogP contribution in [0.4, 0.5) is 5.69 Å². The molecule has 8 heteroatoms. The van der Waals surface area contributed by atoms with Crippen LogP contribution >= 0.6 is 11.3 Å². The number of hydrogen-bond donors (Lipinski definition) is 1. The Morgan fingerprint density at radius 3 is 2.31 bits per heavy atom. The number of Topliss-reactive ketones (excluding diaryl/α,β-unsaturated/α-hetero) is 1. The number of carbonyl (C=O) groups is 2. The number of sulfonamides is 1. The number of methoxy groups -OCH3 is 1. The van der Waals surface area contributed by atoms with Gasteiger partial charge >= 0.3 is 5.97 Å². The molecule has 2 aromatic carbocycles. The minimum atomic E-state index is -4.04. The molecule has 0 fully saturated rings. The fourth-order valence-electron chi connectivity index (χ4n) is 2.49. The summed E-state index contributed by atoms with van der Waals surface area (Å²) in [5, 5.41) is 0.450. The SMILES string of the molecule is COC(=O)c1sc2ccccc2c1S(=O)(=O)Nc1ccc(C(C)=O)cc1. The van der Waals surface area contributed by atoms with E-state index < -0.39 is 16.0 Å². The van der Waals surface area contributed by atoms with Gasteiger partial charge in [0.15, 0.2) is 5.78 Å². The van der Waals surface area contributed by atoms with E-state index in [1.165, 1.54) is 38.3 Å². The van der Waals surface area contributed by atoms with Gasteiger partial charge in [0.25, 0.3) is 10.0 Å². The number of hydrogen-bond acceptors (Lipinski definition) is 6. The summed E-state index contributed by atoms with van der Waals surface area (Å²) in [6.45, 7) is 1.43. The lowest BCUT2D eigenvalue weighted by Gasteiger charge is -2.09. The molecule has 0 radical (unpaired) electrons. The predicted molar refractivity (Wildman–Crippen MR) is 100 cm³/mol. The van der Waals surface area contributed by atoms with E-state index >= 15 is 0 Å². The number of fused-ring (bicyclic) bond motifs is 1. The van der Waals surface area contributed by atoms with Gasteiger partial charge in [-0.05, 0) is 37.3 Å². The number of nitrogens with one attached hydrogen (secondary N) is 1. The Morgan fingerprint density at radius 2 is 1.69 bits per heavy atom. The molecule has 0 saturated heterocycles. The van der Waals surface area contributed by atoms with Crippen molar-refractivity contribution >= 4 is 48.9 Å². The molecule has 3 rings (SSSR count). The zero-order valence-electron chi connectivity index (χ0n) is 14.0. The van der Waals surface area contributed by atoms with Gasteiger partial charge in [-0.15, -0.1) is 11.3 Å². The molecule has 0 atom stereocenters. The Kier molecular flexibility index (Phi) is 4.80. The molecule has 3 aromatic rings. The maximum absolute atomic E-state index is 13.0. The lowest BCUT2D eigenvalue weighted by atomic mass is 10.1. The van der Waals surface area contributed by atoms with E-state index in [1.54, 1.807) is 24.3 Å². The zero-order valence-corrected chi connectivity index (χ0v) is 15.6. The summed E-state index contributed by atoms with van der Waals surface area (Å²) in [6, 6.07) is 12.9. The van der Waals surface area contributed by atoms with Gasteiger partial charge in [0.05, 0.1) is 7.11 Å². The van der Waals surface area contributed by atoms with Crippen molar-refractivity contribution < 1.29 is 22.7 Å². The standard InChI is InChI=1S/C18H15NO5S2/c1-11(20)12-7-9-13(10-8-12)19-26(22,23)17-14-5-3-4-6-15(14)25-16(17)18(21)24-2/h3-10,19H,1-2H3. The predicted octanol–water partition coefficient (Wildman–Crippen LogP) is 3.69. The fraction of sp³-hybridized carbons (Fsp3) is 0.111. The first-order valence-electron chi connectivity index (χ1n) is 7.57. The zero-order chi connectivity index (χ0) is 18.9. The van der Waals surface area contributed by atoms with E-state index in [1.807, 2.05) is 0 Å². The van der Waals surface area contributed by atoms with Gasteiger partial charge in [0.1, 0.15) is 9.77 Å². The maximum Gasteiger partial charge on any atom is 0.349 e. The summed E-state index contributed by atoms with van der Waals surface area (Å²) in [4.78, 5) is 23.3. The number of ether oxygens (including phenoxy) is 1. The molecule has 0 aliphatic rings. The van der Waals surface area contributed by atoms with Crippen molar-refractivity contribution in [2.45, 2.75) is 11.8 Å². The second-order valence-corrected chi connectivity index (χ2v) is 8.16. The summed E-state index contributed by atoms with van der Waals surface area (Å²) in [6.07, 6.45) is 0. The van der Waals surface area contributed by atoms with Crippen molar-refractivity contribution in [2.24, 2.45) is 0 Å². The third-order valence-corrected chi connectivity index (χ3v) is 6.48. The highest BCUT2D eigenvalue weighted by atomic mass is 32.2. The monoisotopic (exact) mass is 389 g/mol. The number of rotatable bonds is 5. The molecule has 0 bridgehead atoms. The number of thiophene rings is 1. The molecule has 0 saturated carbocycles. The first-order valence-corrected chi connectivity index (χ1v) is 9.87. The Morgan fingerprint density at radius 1 is 1.04 bits per heavy atom. The van der Waals surface area contributed by atoms with Crippen LogP contribution in [0.25, 0.3) is 10.1 Å². The quantitative estimate of drug-likeness (QED) is 0.531. The summed E-state index contributed by atoms with van der Waals surface area (Å²) in [5.41, 5.74) is 0.769. The van der Waals surface area contributed by atoms with E-state index in [4.69, 9.17) is 4.74 Å². The van der Waals surface area contributed by atoms with Gasteiger partial charge in [-0.3, -0.25) is 9.52 Å². The minimum Gasteiger partial charge on any atom is -0.465 e. The molecule has 26 heavy (non-hydrogen) atoms. The highest BCUT2D eigenvalue weighted by molar-refractivity contribution is 7.93. The summed E-state index contributed by atoms with van der Waals surface area (Å²) >= 11 is 1.06. The third-order valence-electron chi connectivity index (χ3n) is 3.73. The third kappa shape index (κ3) is 3.33. The number of benzene rings is 2. The van der Waals surface area contributed by atoms with E-state index in [2.05, 4.69) is 4.72 Å². The largest absolute Gasteiger partial charge is 0.465 e. The smallest absolute Gasteiger partial charge is 0.349 e. The van der Waals surface area contributed by atoms with Gasteiger partial charge in [-0.2, -0.15) is 0 Å². The first kappa shape index (κ1) is 18.1. The molecular formula is C18H15NO5S2. The van der Waals surface area contributed by atoms with Crippen LogP contribution in [0.15, 0.2) is 53.4 Å². The van der Waals surface area contributed by atoms with Crippen molar-refractivity contribution in [1.29, 1.82) is 0 Å². The van der Waals surface area contributed by atoms with E-state index in [-0.39, 0.29) is 15.6 Å². The molecule has 6 nitrogen and oxygen atoms in total. The lowest BCUT2D eigenvalue weighted by Crippen LogP contribution is -2.16. The Bertz CT molecular complexity index is 1100. The Balaban J connectivity index is 2.09. The molecule has 0 amide bonds. The number of carbonyl (C=O) groups excluding carboxylic acids is 2. The van der Waals surface area contributed by atoms with Gasteiger partial charge in [0, 0.05) is 21.3 Å². The van der Waals surface area contributed by atoms with Crippen molar-refractivity contribution in [3.8, 4) is 0 Å². The molecule has 1 heterocycles. The van der Waals surface area contributed by atoms with E-state index in [0.29, 0.717) is 21.3 Å². The van der Waals surface area contributed by atoms with Gasteiger partial charge in [-0.25, -0.2) is 13.2 Å². The number of ketones is 1. The molecule has 0 unspecified atom stereocenters. The van der Waals surface area contributed by atoms with Crippen molar-refractivity contribution in [2.75, 3.05) is 11.8 Å². The summed E-state index contributed by atoms with van der Waals surface area (Å²) in [7, 11) is -2.84. The highest BCUT2D eigenvalue weighted by Crippen LogP contribution is 2.36. The van der Waals surface area contributed by atoms with Gasteiger partial charge < -0.3 is 4.74 Å². The summed E-state index contributed by atoms with van der Waals surface area (Å²) in [5.74, 6) is -0.824. The molecular weight excluding hydrogens is 374 g/mol. The molecule has 0 aliphatic carbocycles. The molecule has 1 N–H and O–H groups in total. The van der Waals surface area contributed by atoms with Crippen LogP contribution in [0.2, 0.25) is 0 Å². The second-order valence-electron chi connectivity index (χ2n) is 5.49. The Labute approximate surface area is 154 Å². The first-order chi connectivity index (χ1) is 12.3. The van der Waals surface area contributed by atoms with Crippen molar-refractivity contribution in [1.82, 2.24) is 0 Å². The average Bonchev–Trinajstić information content (AvgIpc) is 3.01. The van der Waals surface area contributed by atoms with Crippen LogP contribution in [-0.2, 0) is 14.8 Å². The maximum atomic E-state index is 13.0. The minimum absolute atomic E-state index is 0.0153. The second kappa shape index (κ2) is 6.89. The van der Waals surface area contributed by atoms with E-state index in [0.717, 1.165) is 11.3 Å². The molecule has 0 aliphatic heterocycles. The van der Waals surface area contributed by atoms with Crippen LogP contribution in [0.3, 0.4) is 0 Å². The van der Waals surface area contributed by atoms with Crippen LogP contribution in [0.1, 0.15) is 27.0 Å². The highest BCUT2D eigenvalue weighted by Gasteiger charge is 2.29. The number of esters is 1. The Hall–Kier alpha value is -2.71. The lowest BCUT2D eigenvalue weighted by molar-refractivity contribution is 0.0602. The summed E-state index contributed by atoms with van der Waals surface area (Å²) < 4.78 is 33.8. The average molecular weight is 389 g/mol. The molecule has 134 valence electrons.